The maximum atomic E-state index is 14.1. The van der Waals surface area contributed by atoms with E-state index in [0.717, 1.165) is 22.2 Å². The average molecular weight is 677 g/mol. The topological polar surface area (TPSA) is 97.9 Å². The summed E-state index contributed by atoms with van der Waals surface area (Å²) in [7, 11) is -4.59. The van der Waals surface area contributed by atoms with Crippen molar-refractivity contribution in [2.75, 3.05) is 23.8 Å². The zero-order chi connectivity index (χ0) is 33.7. The third-order valence-corrected chi connectivity index (χ3v) is 15.6. The van der Waals surface area contributed by atoms with Crippen molar-refractivity contribution in [3.63, 3.8) is 0 Å². The van der Waals surface area contributed by atoms with Gasteiger partial charge in [-0.3, -0.25) is 4.31 Å². The summed E-state index contributed by atoms with van der Waals surface area (Å²) in [6.07, 6.45) is 0.0690. The van der Waals surface area contributed by atoms with Gasteiger partial charge in [-0.15, -0.1) is 0 Å². The van der Waals surface area contributed by atoms with E-state index in [1.54, 1.807) is 16.4 Å². The molecule has 0 unspecified atom stereocenters. The minimum Gasteiger partial charge on any atom is -0.467 e. The molecule has 0 radical (unpaired) electrons. The van der Waals surface area contributed by atoms with Gasteiger partial charge < -0.3 is 18.9 Å². The van der Waals surface area contributed by atoms with Crippen LogP contribution in [0.2, 0.25) is 23.2 Å². The molecule has 11 heteroatoms. The lowest BCUT2D eigenvalue weighted by Gasteiger charge is -2.42. The first-order valence-corrected chi connectivity index (χ1v) is 20.4. The molecule has 0 aliphatic carbocycles. The molecule has 2 atom stereocenters. The summed E-state index contributed by atoms with van der Waals surface area (Å²) in [5.74, 6) is -0.544. The Balaban J connectivity index is 2.09. The van der Waals surface area contributed by atoms with Crippen molar-refractivity contribution >= 4 is 52.5 Å². The number of ether oxygens (including phenoxy) is 2. The Morgan fingerprint density at radius 2 is 1.73 bits per heavy atom. The van der Waals surface area contributed by atoms with Crippen LogP contribution in [0.5, 0.6) is 0 Å². The first kappa shape index (κ1) is 35.5. The first-order valence-electron chi connectivity index (χ1n) is 15.5. The summed E-state index contributed by atoms with van der Waals surface area (Å²) >= 11 is 6.29. The van der Waals surface area contributed by atoms with Crippen LogP contribution in [0.15, 0.2) is 30.3 Å². The number of aromatic nitrogens is 1. The lowest BCUT2D eigenvalue weighted by atomic mass is 9.87. The van der Waals surface area contributed by atoms with E-state index in [1.165, 1.54) is 7.11 Å². The number of sulfonamides is 1. The predicted octanol–water partition coefficient (Wildman–Crippen LogP) is 8.45. The third kappa shape index (κ3) is 7.30. The van der Waals surface area contributed by atoms with Gasteiger partial charge in [0.2, 0.25) is 10.0 Å². The molecule has 1 aromatic heterocycles. The number of fused-ring (bicyclic) bond motifs is 1. The average Bonchev–Trinajstić information content (AvgIpc) is 3.30. The zero-order valence-electron chi connectivity index (χ0n) is 28.6. The summed E-state index contributed by atoms with van der Waals surface area (Å²) in [5.41, 5.74) is 4.09. The van der Waals surface area contributed by atoms with Crippen LogP contribution in [0.3, 0.4) is 0 Å². The number of benzene rings is 2. The molecule has 248 valence electrons. The molecule has 0 amide bonds. The van der Waals surface area contributed by atoms with Gasteiger partial charge in [-0.05, 0) is 100 Å². The van der Waals surface area contributed by atoms with E-state index in [-0.39, 0.29) is 17.4 Å². The highest BCUT2D eigenvalue weighted by molar-refractivity contribution is 7.92. The third-order valence-electron chi connectivity index (χ3n) is 9.00. The number of halogens is 1. The maximum absolute atomic E-state index is 14.1. The fourth-order valence-corrected chi connectivity index (χ4v) is 8.80. The first-order chi connectivity index (χ1) is 20.7. The molecular weight excluding hydrogens is 628 g/mol. The van der Waals surface area contributed by atoms with Crippen LogP contribution in [0.25, 0.3) is 22.0 Å². The Morgan fingerprint density at radius 1 is 1.11 bits per heavy atom. The number of aromatic amines is 1. The van der Waals surface area contributed by atoms with E-state index < -0.39 is 42.1 Å². The summed E-state index contributed by atoms with van der Waals surface area (Å²) < 4.78 is 48.3. The monoisotopic (exact) mass is 676 g/mol. The van der Waals surface area contributed by atoms with Crippen LogP contribution < -0.4 is 4.31 Å². The van der Waals surface area contributed by atoms with Crippen LogP contribution in [-0.2, 0) is 28.7 Å². The molecule has 1 aliphatic heterocycles. The van der Waals surface area contributed by atoms with Crippen molar-refractivity contribution in [3.8, 4) is 11.1 Å². The van der Waals surface area contributed by atoms with E-state index in [9.17, 15) is 13.2 Å². The number of carbonyl (C=O) groups excluding carboxylic acids is 1. The van der Waals surface area contributed by atoms with Crippen LogP contribution in [-0.4, -0.2) is 58.8 Å². The van der Waals surface area contributed by atoms with E-state index in [2.05, 4.69) is 38.8 Å². The van der Waals surface area contributed by atoms with Gasteiger partial charge in [0.1, 0.15) is 0 Å². The molecule has 1 saturated heterocycles. The number of methoxy groups -OCH3 is 1. The predicted molar refractivity (Wildman–Crippen MR) is 186 cm³/mol. The van der Waals surface area contributed by atoms with E-state index in [0.29, 0.717) is 40.2 Å². The smallest absolute Gasteiger partial charge is 0.339 e. The molecule has 2 aromatic carbocycles. The molecule has 1 fully saturated rings. The number of H-pyrrole nitrogens is 1. The minimum absolute atomic E-state index is 0.0252. The number of hydrogen-bond acceptors (Lipinski definition) is 6. The number of anilines is 1. The van der Waals surface area contributed by atoms with Crippen molar-refractivity contribution in [2.45, 2.75) is 104 Å². The van der Waals surface area contributed by atoms with Crippen LogP contribution in [0.4, 0.5) is 5.69 Å². The number of aryl methyl sites for hydroxylation is 1. The standard InChI is InChI=1S/C34H49ClN2O6SSi/c1-21-19-26-28(23-14-16-24(35)17-15-23)27(31(32(38)41-9)43-33(3,4)5)22(2)30(29(26)36-21)37-25(13-12-18-44(37,39)40)20-42-45(10,11)34(6,7)8/h14-17,19,25,31,36H,12-13,18,20H2,1-11H3/t25-,31-/m0/s1. The molecular formula is C34H49ClN2O6SSi. The number of carbonyl (C=O) groups is 1. The van der Waals surface area contributed by atoms with Gasteiger partial charge in [-0.2, -0.15) is 0 Å². The number of hydrogen-bond donors (Lipinski definition) is 1. The second-order valence-corrected chi connectivity index (χ2v) is 21.8. The Bertz CT molecular complexity index is 1670. The van der Waals surface area contributed by atoms with E-state index >= 15 is 0 Å². The summed E-state index contributed by atoms with van der Waals surface area (Å²) in [6, 6.07) is 8.99. The van der Waals surface area contributed by atoms with Gasteiger partial charge in [0.05, 0.1) is 42.3 Å². The van der Waals surface area contributed by atoms with Crippen LogP contribution >= 0.6 is 11.6 Å². The van der Waals surface area contributed by atoms with Crippen molar-refractivity contribution in [1.82, 2.24) is 4.98 Å². The highest BCUT2D eigenvalue weighted by Crippen LogP contribution is 2.48. The summed E-state index contributed by atoms with van der Waals surface area (Å²) in [6.45, 7) is 20.6. The fourth-order valence-electron chi connectivity index (χ4n) is 5.77. The molecule has 8 nitrogen and oxygen atoms in total. The quantitative estimate of drug-likeness (QED) is 0.190. The van der Waals surface area contributed by atoms with Crippen molar-refractivity contribution in [1.29, 1.82) is 0 Å². The number of rotatable bonds is 8. The molecule has 3 aromatic rings. The van der Waals surface area contributed by atoms with Crippen LogP contribution in [0, 0.1) is 13.8 Å². The molecule has 45 heavy (non-hydrogen) atoms. The lowest BCUT2D eigenvalue weighted by Crippen LogP contribution is -2.51. The fraction of sp³-hybridized carbons (Fsp3) is 0.559. The summed E-state index contributed by atoms with van der Waals surface area (Å²) in [5, 5.41) is 1.33. The Hall–Kier alpha value is -2.37. The SMILES string of the molecule is COC(=O)[C@@H](OC(C)(C)C)c1c(C)c(N2[C@H](CO[Si](C)(C)C(C)(C)C)CCCS2(=O)=O)c2[nH]c(C)cc2c1-c1ccc(Cl)cc1. The largest absolute Gasteiger partial charge is 0.467 e. The molecule has 0 spiro atoms. The summed E-state index contributed by atoms with van der Waals surface area (Å²) in [4.78, 5) is 17.1. The Kier molecular flexibility index (Phi) is 9.99. The highest BCUT2D eigenvalue weighted by atomic mass is 35.5. The number of nitrogens with zero attached hydrogens (tertiary/aromatic N) is 1. The van der Waals surface area contributed by atoms with Gasteiger partial charge in [0.25, 0.3) is 0 Å². The molecule has 0 saturated carbocycles. The van der Waals surface area contributed by atoms with Gasteiger partial charge in [-0.1, -0.05) is 44.5 Å². The van der Waals surface area contributed by atoms with Crippen molar-refractivity contribution in [2.24, 2.45) is 0 Å². The van der Waals surface area contributed by atoms with Crippen molar-refractivity contribution < 1.29 is 27.1 Å². The zero-order valence-corrected chi connectivity index (χ0v) is 31.1. The van der Waals surface area contributed by atoms with Gasteiger partial charge >= 0.3 is 5.97 Å². The van der Waals surface area contributed by atoms with Gasteiger partial charge in [0, 0.05) is 21.7 Å². The highest BCUT2D eigenvalue weighted by Gasteiger charge is 2.43. The van der Waals surface area contributed by atoms with Crippen LogP contribution in [0.1, 0.15) is 77.3 Å². The molecule has 1 N–H and O–H groups in total. The maximum Gasteiger partial charge on any atom is 0.339 e. The molecule has 2 heterocycles. The molecule has 4 rings (SSSR count). The lowest BCUT2D eigenvalue weighted by molar-refractivity contribution is -0.164. The Labute approximate surface area is 275 Å². The van der Waals surface area contributed by atoms with E-state index in [1.807, 2.05) is 52.8 Å². The number of nitrogens with one attached hydrogen (secondary N) is 1. The second kappa shape index (κ2) is 12.7. The van der Waals surface area contributed by atoms with Gasteiger partial charge in [-0.25, -0.2) is 13.2 Å². The Morgan fingerprint density at radius 3 is 2.29 bits per heavy atom. The normalized spacial score (nSPS) is 18.3. The second-order valence-electron chi connectivity index (χ2n) is 14.6. The van der Waals surface area contributed by atoms with Crippen molar-refractivity contribution in [3.05, 3.63) is 52.2 Å². The minimum atomic E-state index is -3.75. The number of esters is 1. The van der Waals surface area contributed by atoms with Gasteiger partial charge in [0.15, 0.2) is 14.4 Å². The molecule has 1 aliphatic rings. The molecule has 0 bridgehead atoms. The van der Waals surface area contributed by atoms with E-state index in [4.69, 9.17) is 25.5 Å².